The molecule has 2 aromatic heterocycles. The van der Waals surface area contributed by atoms with Gasteiger partial charge in [0.25, 0.3) is 0 Å². The molecule has 0 spiro atoms. The molecule has 0 aliphatic heterocycles. The maximum Gasteiger partial charge on any atom is 0.0440 e. The first kappa shape index (κ1) is 25.9. The molecule has 2 heterocycles. The van der Waals surface area contributed by atoms with Crippen molar-refractivity contribution in [3.63, 3.8) is 0 Å². The van der Waals surface area contributed by atoms with Crippen molar-refractivity contribution >= 4 is 84.6 Å². The van der Waals surface area contributed by atoms with Crippen LogP contribution in [0.4, 0.5) is 0 Å². The molecule has 0 saturated heterocycles. The molecule has 0 radical (unpaired) electrons. The van der Waals surface area contributed by atoms with Crippen molar-refractivity contribution in [3.8, 4) is 11.1 Å². The number of benzene rings is 6. The Morgan fingerprint density at radius 2 is 1.10 bits per heavy atom. The third-order valence-electron chi connectivity index (χ3n) is 8.97. The first-order valence-electron chi connectivity index (χ1n) is 14.9. The summed E-state index contributed by atoms with van der Waals surface area (Å²) in [5.74, 6) is 0. The number of rotatable bonds is 1. The van der Waals surface area contributed by atoms with E-state index in [2.05, 4.69) is 139 Å². The fraction of sp³-hybridized carbons (Fsp3) is 0.200. The smallest absolute Gasteiger partial charge is 0.0440 e. The van der Waals surface area contributed by atoms with E-state index in [0.29, 0.717) is 0 Å². The van der Waals surface area contributed by atoms with Gasteiger partial charge < -0.3 is 0 Å². The Hall–Kier alpha value is -3.72. The van der Waals surface area contributed by atoms with E-state index < -0.39 is 0 Å². The van der Waals surface area contributed by atoms with Crippen LogP contribution in [0.25, 0.3) is 73.0 Å². The van der Waals surface area contributed by atoms with Crippen molar-refractivity contribution in [2.45, 2.75) is 52.4 Å². The van der Waals surface area contributed by atoms with Crippen LogP contribution in [0.15, 0.2) is 97.1 Å². The van der Waals surface area contributed by atoms with Crippen LogP contribution in [0.1, 0.15) is 52.7 Å². The second-order valence-electron chi connectivity index (χ2n) is 13.8. The average molecular weight is 579 g/mol. The molecule has 0 atom stereocenters. The first-order chi connectivity index (χ1) is 20.1. The van der Waals surface area contributed by atoms with Gasteiger partial charge in [-0.05, 0) is 73.5 Å². The van der Waals surface area contributed by atoms with Gasteiger partial charge in [-0.3, -0.25) is 0 Å². The summed E-state index contributed by atoms with van der Waals surface area (Å²) in [6.45, 7) is 13.8. The topological polar surface area (TPSA) is 0 Å². The molecule has 0 bridgehead atoms. The van der Waals surface area contributed by atoms with E-state index in [1.165, 1.54) is 84.1 Å². The summed E-state index contributed by atoms with van der Waals surface area (Å²) in [6, 6.07) is 37.1. The normalized spacial score (nSPS) is 13.0. The van der Waals surface area contributed by atoms with E-state index >= 15 is 0 Å². The van der Waals surface area contributed by atoms with Crippen LogP contribution in [-0.2, 0) is 10.8 Å². The highest BCUT2D eigenvalue weighted by Gasteiger charge is 2.21. The largest absolute Gasteiger partial charge is 0.135 e. The Balaban J connectivity index is 1.51. The molecule has 0 amide bonds. The minimum Gasteiger partial charge on any atom is -0.135 e. The van der Waals surface area contributed by atoms with Crippen molar-refractivity contribution in [3.05, 3.63) is 108 Å². The van der Waals surface area contributed by atoms with Gasteiger partial charge in [-0.1, -0.05) is 114 Å². The molecule has 8 rings (SSSR count). The lowest BCUT2D eigenvalue weighted by Crippen LogP contribution is -2.10. The summed E-state index contributed by atoms with van der Waals surface area (Å²) in [7, 11) is 0. The fourth-order valence-electron chi connectivity index (χ4n) is 6.58. The predicted octanol–water partition coefficient (Wildman–Crippen LogP) is 13.0. The molecule has 0 fully saturated rings. The molecule has 0 nitrogen and oxygen atoms in total. The lowest BCUT2D eigenvalue weighted by molar-refractivity contribution is 0.591. The highest BCUT2D eigenvalue weighted by Crippen LogP contribution is 2.49. The molecular weight excluding hydrogens is 545 g/mol. The summed E-state index contributed by atoms with van der Waals surface area (Å²) in [5.41, 5.74) is 5.68. The second-order valence-corrected chi connectivity index (χ2v) is 15.9. The van der Waals surface area contributed by atoms with E-state index in [1.54, 1.807) is 0 Å². The van der Waals surface area contributed by atoms with Gasteiger partial charge in [-0.2, -0.15) is 0 Å². The van der Waals surface area contributed by atoms with Gasteiger partial charge in [0.15, 0.2) is 0 Å². The van der Waals surface area contributed by atoms with Crippen molar-refractivity contribution in [1.82, 2.24) is 0 Å². The van der Waals surface area contributed by atoms with E-state index in [9.17, 15) is 0 Å². The number of hydrogen-bond acceptors (Lipinski definition) is 2. The first-order valence-corrected chi connectivity index (χ1v) is 16.5. The van der Waals surface area contributed by atoms with Crippen LogP contribution < -0.4 is 0 Å². The molecule has 0 saturated carbocycles. The highest BCUT2D eigenvalue weighted by molar-refractivity contribution is 7.27. The standard InChI is InChI=1S/C40H34S2/c1-39(2,3)25-16-19-33-31(21-25)29-17-14-23-11-9-13-28(35(23)38(29)41-33)32-20-24-10-7-8-12-27(24)37-36(32)30-18-15-26(40(4,5)6)22-34(30)42-37/h7-22H,1-6H3. The third-order valence-corrected chi connectivity index (χ3v) is 11.4. The molecule has 2 heteroatoms. The quantitative estimate of drug-likeness (QED) is 0.182. The minimum absolute atomic E-state index is 0.116. The molecule has 8 aromatic rings. The predicted molar refractivity (Wildman–Crippen MR) is 190 cm³/mol. The van der Waals surface area contributed by atoms with Crippen LogP contribution in [0.5, 0.6) is 0 Å². The average Bonchev–Trinajstić information content (AvgIpc) is 3.54. The van der Waals surface area contributed by atoms with Gasteiger partial charge in [-0.15, -0.1) is 22.7 Å². The van der Waals surface area contributed by atoms with Crippen molar-refractivity contribution < 1.29 is 0 Å². The number of thiophene rings is 2. The fourth-order valence-corrected chi connectivity index (χ4v) is 9.14. The summed E-state index contributed by atoms with van der Waals surface area (Å²) >= 11 is 3.89. The Bertz CT molecular complexity index is 2360. The molecule has 0 aliphatic carbocycles. The summed E-state index contributed by atoms with van der Waals surface area (Å²) < 4.78 is 5.51. The van der Waals surface area contributed by atoms with E-state index in [-0.39, 0.29) is 10.8 Å². The second kappa shape index (κ2) is 8.89. The van der Waals surface area contributed by atoms with E-state index in [4.69, 9.17) is 0 Å². The maximum atomic E-state index is 2.44. The zero-order chi connectivity index (χ0) is 29.0. The van der Waals surface area contributed by atoms with Gasteiger partial charge in [0.1, 0.15) is 0 Å². The van der Waals surface area contributed by atoms with Gasteiger partial charge in [0, 0.05) is 45.7 Å². The Morgan fingerprint density at radius 1 is 0.429 bits per heavy atom. The summed E-state index contributed by atoms with van der Waals surface area (Å²) in [4.78, 5) is 0. The van der Waals surface area contributed by atoms with Crippen molar-refractivity contribution in [2.24, 2.45) is 0 Å². The van der Waals surface area contributed by atoms with Crippen molar-refractivity contribution in [1.29, 1.82) is 0 Å². The summed E-state index contributed by atoms with van der Waals surface area (Å²) in [5, 5.41) is 10.8. The van der Waals surface area contributed by atoms with Gasteiger partial charge in [0.2, 0.25) is 0 Å². The molecule has 0 unspecified atom stereocenters. The highest BCUT2D eigenvalue weighted by atomic mass is 32.1. The number of fused-ring (bicyclic) bond motifs is 10. The molecular formula is C40H34S2. The van der Waals surface area contributed by atoms with E-state index in [1.807, 2.05) is 22.7 Å². The van der Waals surface area contributed by atoms with Crippen LogP contribution in [0.2, 0.25) is 0 Å². The van der Waals surface area contributed by atoms with Gasteiger partial charge in [0.05, 0.1) is 0 Å². The van der Waals surface area contributed by atoms with Crippen LogP contribution in [0.3, 0.4) is 0 Å². The zero-order valence-electron chi connectivity index (χ0n) is 25.1. The SMILES string of the molecule is CC(C)(C)c1ccc2c(c1)sc1c3ccccc3cc(-c3cccc4ccc5c6cc(C(C)(C)C)ccc6sc5c34)c21. The maximum absolute atomic E-state index is 2.44. The Morgan fingerprint density at radius 3 is 1.90 bits per heavy atom. The lowest BCUT2D eigenvalue weighted by Gasteiger charge is -2.19. The molecule has 206 valence electrons. The van der Waals surface area contributed by atoms with E-state index in [0.717, 1.165) is 0 Å². The Kier molecular flexibility index (Phi) is 5.49. The van der Waals surface area contributed by atoms with Gasteiger partial charge in [-0.25, -0.2) is 0 Å². The minimum atomic E-state index is 0.116. The third kappa shape index (κ3) is 3.85. The molecule has 6 aromatic carbocycles. The molecule has 0 N–H and O–H groups in total. The monoisotopic (exact) mass is 578 g/mol. The van der Waals surface area contributed by atoms with Crippen LogP contribution in [0, 0.1) is 0 Å². The Labute approximate surface area is 255 Å². The van der Waals surface area contributed by atoms with Crippen LogP contribution >= 0.6 is 22.7 Å². The summed E-state index contributed by atoms with van der Waals surface area (Å²) in [6.07, 6.45) is 0. The van der Waals surface area contributed by atoms with Gasteiger partial charge >= 0.3 is 0 Å². The van der Waals surface area contributed by atoms with Crippen molar-refractivity contribution in [2.75, 3.05) is 0 Å². The molecule has 0 aliphatic rings. The molecule has 42 heavy (non-hydrogen) atoms. The number of hydrogen-bond donors (Lipinski definition) is 0. The lowest BCUT2D eigenvalue weighted by atomic mass is 9.86. The zero-order valence-corrected chi connectivity index (χ0v) is 26.7. The van der Waals surface area contributed by atoms with Crippen LogP contribution in [-0.4, -0.2) is 0 Å².